The molecule has 1 saturated carbocycles. The molecule has 1 heterocycles. The van der Waals surface area contributed by atoms with Crippen molar-refractivity contribution in [2.24, 2.45) is 5.41 Å². The molecular formula is C14H20O3. The second-order valence-corrected chi connectivity index (χ2v) is 5.60. The van der Waals surface area contributed by atoms with Crippen LogP contribution in [-0.2, 0) is 11.3 Å². The van der Waals surface area contributed by atoms with Gasteiger partial charge >= 0.3 is 0 Å². The minimum Gasteiger partial charge on any atom is -0.456 e. The third-order valence-electron chi connectivity index (χ3n) is 3.55. The Morgan fingerprint density at radius 2 is 2.12 bits per heavy atom. The lowest BCUT2D eigenvalue weighted by atomic mass is 9.76. The van der Waals surface area contributed by atoms with E-state index in [1.807, 2.05) is 0 Å². The van der Waals surface area contributed by atoms with Crippen molar-refractivity contribution in [3.8, 4) is 0 Å². The van der Waals surface area contributed by atoms with E-state index in [4.69, 9.17) is 9.15 Å². The number of hydrogen-bond acceptors (Lipinski definition) is 3. The molecule has 0 aromatic carbocycles. The number of rotatable bonds is 4. The van der Waals surface area contributed by atoms with Gasteiger partial charge in [-0.3, -0.25) is 4.79 Å². The smallest absolute Gasteiger partial charge is 0.185 e. The van der Waals surface area contributed by atoms with E-state index >= 15 is 0 Å². The first-order valence-corrected chi connectivity index (χ1v) is 6.24. The molecule has 0 radical (unpaired) electrons. The van der Waals surface area contributed by atoms with Gasteiger partial charge in [0.1, 0.15) is 12.4 Å². The lowest BCUT2D eigenvalue weighted by Crippen LogP contribution is -2.26. The normalized spacial score (nSPS) is 20.4. The molecule has 0 unspecified atom stereocenters. The molecule has 1 fully saturated rings. The molecule has 0 N–H and O–H groups in total. The SMILES string of the molecule is CC1(C)CCC(OCc2ccc(C=O)o2)CC1. The molecule has 0 amide bonds. The van der Waals surface area contributed by atoms with Gasteiger partial charge in [0.15, 0.2) is 12.0 Å². The Balaban J connectivity index is 1.77. The molecule has 3 nitrogen and oxygen atoms in total. The van der Waals surface area contributed by atoms with Crippen molar-refractivity contribution >= 4 is 6.29 Å². The monoisotopic (exact) mass is 236 g/mol. The van der Waals surface area contributed by atoms with Crippen LogP contribution in [0.1, 0.15) is 55.8 Å². The minimum absolute atomic E-state index is 0.341. The Bertz CT molecular complexity index is 369. The summed E-state index contributed by atoms with van der Waals surface area (Å²) in [6.07, 6.45) is 5.73. The van der Waals surface area contributed by atoms with E-state index in [2.05, 4.69) is 13.8 Å². The summed E-state index contributed by atoms with van der Waals surface area (Å²) in [5.74, 6) is 1.10. The molecule has 2 rings (SSSR count). The average molecular weight is 236 g/mol. The largest absolute Gasteiger partial charge is 0.456 e. The van der Waals surface area contributed by atoms with Crippen LogP contribution in [-0.4, -0.2) is 12.4 Å². The molecule has 1 aromatic rings. The van der Waals surface area contributed by atoms with Gasteiger partial charge in [0.25, 0.3) is 0 Å². The summed E-state index contributed by atoms with van der Waals surface area (Å²) in [5.41, 5.74) is 0.467. The first-order valence-electron chi connectivity index (χ1n) is 6.24. The van der Waals surface area contributed by atoms with E-state index in [1.54, 1.807) is 12.1 Å². The van der Waals surface area contributed by atoms with Crippen LogP contribution in [0.4, 0.5) is 0 Å². The van der Waals surface area contributed by atoms with Crippen molar-refractivity contribution in [2.75, 3.05) is 0 Å². The molecule has 0 aliphatic heterocycles. The van der Waals surface area contributed by atoms with Gasteiger partial charge in [-0.1, -0.05) is 13.8 Å². The van der Waals surface area contributed by atoms with Crippen molar-refractivity contribution in [1.29, 1.82) is 0 Å². The van der Waals surface area contributed by atoms with Crippen LogP contribution in [0, 0.1) is 5.41 Å². The van der Waals surface area contributed by atoms with Crippen molar-refractivity contribution in [3.63, 3.8) is 0 Å². The number of carbonyl (C=O) groups is 1. The van der Waals surface area contributed by atoms with E-state index in [9.17, 15) is 4.79 Å². The zero-order valence-corrected chi connectivity index (χ0v) is 10.6. The lowest BCUT2D eigenvalue weighted by molar-refractivity contribution is -0.0122. The first kappa shape index (κ1) is 12.4. The Hall–Kier alpha value is -1.09. The Morgan fingerprint density at radius 3 is 2.71 bits per heavy atom. The Kier molecular flexibility index (Phi) is 3.67. The maximum atomic E-state index is 10.5. The maximum Gasteiger partial charge on any atom is 0.185 e. The van der Waals surface area contributed by atoms with E-state index in [1.165, 1.54) is 12.8 Å². The topological polar surface area (TPSA) is 39.4 Å². The predicted molar refractivity (Wildman–Crippen MR) is 64.9 cm³/mol. The molecule has 17 heavy (non-hydrogen) atoms. The van der Waals surface area contributed by atoms with Crippen molar-refractivity contribution < 1.29 is 13.9 Å². The second kappa shape index (κ2) is 5.05. The molecule has 94 valence electrons. The van der Waals surface area contributed by atoms with Gasteiger partial charge in [-0.2, -0.15) is 0 Å². The zero-order chi connectivity index (χ0) is 12.3. The number of ether oxygens (including phenoxy) is 1. The highest BCUT2D eigenvalue weighted by molar-refractivity contribution is 5.70. The van der Waals surface area contributed by atoms with Gasteiger partial charge in [-0.05, 0) is 43.2 Å². The summed E-state index contributed by atoms with van der Waals surface area (Å²) in [5, 5.41) is 0. The third-order valence-corrected chi connectivity index (χ3v) is 3.55. The number of furan rings is 1. The van der Waals surface area contributed by atoms with Crippen LogP contribution in [0.25, 0.3) is 0 Å². The lowest BCUT2D eigenvalue weighted by Gasteiger charge is -2.33. The third kappa shape index (κ3) is 3.43. The van der Waals surface area contributed by atoms with E-state index in [0.717, 1.165) is 18.6 Å². The van der Waals surface area contributed by atoms with Crippen LogP contribution >= 0.6 is 0 Å². The second-order valence-electron chi connectivity index (χ2n) is 5.60. The van der Waals surface area contributed by atoms with Gasteiger partial charge < -0.3 is 9.15 Å². The van der Waals surface area contributed by atoms with Crippen LogP contribution in [0.5, 0.6) is 0 Å². The molecule has 1 aliphatic carbocycles. The predicted octanol–water partition coefficient (Wildman–Crippen LogP) is 3.58. The standard InChI is InChI=1S/C14H20O3/c1-14(2)7-5-11(6-8-14)16-10-13-4-3-12(9-15)17-13/h3-4,9,11H,5-8,10H2,1-2H3. The van der Waals surface area contributed by atoms with Gasteiger partial charge in [0, 0.05) is 0 Å². The highest BCUT2D eigenvalue weighted by atomic mass is 16.5. The van der Waals surface area contributed by atoms with Crippen LogP contribution < -0.4 is 0 Å². The molecule has 0 spiro atoms. The van der Waals surface area contributed by atoms with Crippen LogP contribution in [0.2, 0.25) is 0 Å². The fourth-order valence-electron chi connectivity index (χ4n) is 2.27. The quantitative estimate of drug-likeness (QED) is 0.750. The summed E-state index contributed by atoms with van der Waals surface area (Å²) >= 11 is 0. The molecular weight excluding hydrogens is 216 g/mol. The van der Waals surface area contributed by atoms with Crippen molar-refractivity contribution in [3.05, 3.63) is 23.7 Å². The summed E-state index contributed by atoms with van der Waals surface area (Å²) < 4.78 is 11.1. The van der Waals surface area contributed by atoms with Crippen molar-refractivity contribution in [1.82, 2.24) is 0 Å². The zero-order valence-electron chi connectivity index (χ0n) is 10.6. The first-order chi connectivity index (χ1) is 8.09. The van der Waals surface area contributed by atoms with Gasteiger partial charge in [-0.15, -0.1) is 0 Å². The summed E-state index contributed by atoms with van der Waals surface area (Å²) in [6, 6.07) is 3.48. The number of hydrogen-bond donors (Lipinski definition) is 0. The molecule has 0 atom stereocenters. The van der Waals surface area contributed by atoms with E-state index < -0.39 is 0 Å². The Labute approximate surface area is 102 Å². The highest BCUT2D eigenvalue weighted by Crippen LogP contribution is 2.36. The maximum absolute atomic E-state index is 10.5. The van der Waals surface area contributed by atoms with E-state index in [-0.39, 0.29) is 0 Å². The van der Waals surface area contributed by atoms with Gasteiger partial charge in [0.2, 0.25) is 0 Å². The minimum atomic E-state index is 0.341. The van der Waals surface area contributed by atoms with Crippen LogP contribution in [0.3, 0.4) is 0 Å². The number of aldehydes is 1. The summed E-state index contributed by atoms with van der Waals surface area (Å²) in [4.78, 5) is 10.5. The van der Waals surface area contributed by atoms with Gasteiger partial charge in [-0.25, -0.2) is 0 Å². The molecule has 1 aliphatic rings. The summed E-state index contributed by atoms with van der Waals surface area (Å²) in [7, 11) is 0. The summed E-state index contributed by atoms with van der Waals surface area (Å²) in [6.45, 7) is 5.09. The number of carbonyl (C=O) groups excluding carboxylic acids is 1. The fourth-order valence-corrected chi connectivity index (χ4v) is 2.27. The molecule has 3 heteroatoms. The Morgan fingerprint density at radius 1 is 1.41 bits per heavy atom. The van der Waals surface area contributed by atoms with Crippen molar-refractivity contribution in [2.45, 2.75) is 52.2 Å². The highest BCUT2D eigenvalue weighted by Gasteiger charge is 2.27. The fraction of sp³-hybridized carbons (Fsp3) is 0.643. The van der Waals surface area contributed by atoms with E-state index in [0.29, 0.717) is 30.2 Å². The average Bonchev–Trinajstić information content (AvgIpc) is 2.75. The molecule has 1 aromatic heterocycles. The molecule has 0 saturated heterocycles. The van der Waals surface area contributed by atoms with Gasteiger partial charge in [0.05, 0.1) is 6.10 Å². The molecule has 0 bridgehead atoms. The van der Waals surface area contributed by atoms with Crippen LogP contribution in [0.15, 0.2) is 16.5 Å².